The number of fused-ring (bicyclic) bond motifs is 2. The van der Waals surface area contributed by atoms with Crippen molar-refractivity contribution in [3.63, 3.8) is 0 Å². The van der Waals surface area contributed by atoms with Gasteiger partial charge in [-0.15, -0.1) is 0 Å². The molecule has 23 heavy (non-hydrogen) atoms. The molecule has 2 aliphatic rings. The van der Waals surface area contributed by atoms with Gasteiger partial charge < -0.3 is 4.90 Å². The Labute approximate surface area is 139 Å². The van der Waals surface area contributed by atoms with Gasteiger partial charge >= 0.3 is 0 Å². The molecule has 0 saturated carbocycles. The average Bonchev–Trinajstić information content (AvgIpc) is 2.56. The van der Waals surface area contributed by atoms with Crippen molar-refractivity contribution in [1.29, 1.82) is 0 Å². The Morgan fingerprint density at radius 3 is 2.87 bits per heavy atom. The zero-order valence-corrected chi connectivity index (χ0v) is 14.8. The first-order chi connectivity index (χ1) is 11.1. The van der Waals surface area contributed by atoms with Crippen LogP contribution in [0.2, 0.25) is 0 Å². The predicted molar refractivity (Wildman–Crippen MR) is 92.9 cm³/mol. The van der Waals surface area contributed by atoms with Crippen molar-refractivity contribution in [1.82, 2.24) is 19.4 Å². The molecule has 3 rings (SSSR count). The lowest BCUT2D eigenvalue weighted by Gasteiger charge is -2.33. The molecular weight excluding hydrogens is 288 g/mol. The molecule has 128 valence electrons. The summed E-state index contributed by atoms with van der Waals surface area (Å²) in [5.41, 5.74) is 2.26. The third-order valence-corrected chi connectivity index (χ3v) is 5.32. The van der Waals surface area contributed by atoms with Crippen LogP contribution in [0.25, 0.3) is 0 Å². The molecule has 0 fully saturated rings. The third kappa shape index (κ3) is 3.36. The molecule has 0 radical (unpaired) electrons. The van der Waals surface area contributed by atoms with E-state index in [0.717, 1.165) is 81.9 Å². The molecule has 0 spiro atoms. The lowest BCUT2D eigenvalue weighted by Crippen LogP contribution is -2.43. The van der Waals surface area contributed by atoms with E-state index >= 15 is 0 Å². The van der Waals surface area contributed by atoms with Gasteiger partial charge in [0, 0.05) is 32.5 Å². The van der Waals surface area contributed by atoms with Crippen LogP contribution in [0.15, 0.2) is 4.79 Å². The van der Waals surface area contributed by atoms with Crippen LogP contribution in [-0.2, 0) is 19.4 Å². The largest absolute Gasteiger partial charge is 0.305 e. The van der Waals surface area contributed by atoms with E-state index in [1.807, 2.05) is 4.57 Å². The Morgan fingerprint density at radius 1 is 1.30 bits per heavy atom. The maximum atomic E-state index is 13.2. The Balaban J connectivity index is 1.95. The minimum absolute atomic E-state index is 0.236. The standard InChI is InChI=1S/C18H30N4O/c1-4-10-21-11-9-16-15(13-21)18(23)22-14(12-20(3)5-2)7-6-8-17(22)19-16/h14H,4-13H2,1-3H3/t14-/m1/s1. The number of nitrogens with zero attached hydrogens (tertiary/aromatic N) is 4. The van der Waals surface area contributed by atoms with Crippen LogP contribution in [0.4, 0.5) is 0 Å². The highest BCUT2D eigenvalue weighted by Gasteiger charge is 2.28. The first-order valence-electron chi connectivity index (χ1n) is 9.18. The molecule has 0 aromatic carbocycles. The van der Waals surface area contributed by atoms with E-state index in [0.29, 0.717) is 0 Å². The second-order valence-corrected chi connectivity index (χ2v) is 7.06. The van der Waals surface area contributed by atoms with Crippen molar-refractivity contribution in [2.75, 3.05) is 33.2 Å². The third-order valence-electron chi connectivity index (χ3n) is 5.32. The fourth-order valence-electron chi connectivity index (χ4n) is 3.94. The summed E-state index contributed by atoms with van der Waals surface area (Å²) in [5.74, 6) is 1.03. The first-order valence-corrected chi connectivity index (χ1v) is 9.18. The van der Waals surface area contributed by atoms with Gasteiger partial charge in [-0.05, 0) is 39.4 Å². The number of rotatable bonds is 5. The summed E-state index contributed by atoms with van der Waals surface area (Å²) in [4.78, 5) is 22.8. The maximum Gasteiger partial charge on any atom is 0.258 e. The monoisotopic (exact) mass is 318 g/mol. The van der Waals surface area contributed by atoms with Gasteiger partial charge in [-0.2, -0.15) is 0 Å². The summed E-state index contributed by atoms with van der Waals surface area (Å²) < 4.78 is 2.03. The molecule has 1 aromatic heterocycles. The fraction of sp³-hybridized carbons (Fsp3) is 0.778. The van der Waals surface area contributed by atoms with E-state index < -0.39 is 0 Å². The van der Waals surface area contributed by atoms with E-state index in [1.54, 1.807) is 0 Å². The quantitative estimate of drug-likeness (QED) is 0.831. The Hall–Kier alpha value is -1.20. The van der Waals surface area contributed by atoms with Crippen molar-refractivity contribution in [2.24, 2.45) is 0 Å². The molecule has 0 amide bonds. The molecule has 0 bridgehead atoms. The van der Waals surface area contributed by atoms with Crippen LogP contribution in [0.5, 0.6) is 0 Å². The lowest BCUT2D eigenvalue weighted by atomic mass is 10.0. The van der Waals surface area contributed by atoms with Gasteiger partial charge in [0.2, 0.25) is 0 Å². The van der Waals surface area contributed by atoms with Gasteiger partial charge in [0.1, 0.15) is 5.82 Å². The lowest BCUT2D eigenvalue weighted by molar-refractivity contribution is 0.234. The number of likely N-dealkylation sites (N-methyl/N-ethyl adjacent to an activating group) is 1. The molecule has 0 N–H and O–H groups in total. The molecule has 1 aromatic rings. The van der Waals surface area contributed by atoms with Crippen molar-refractivity contribution < 1.29 is 0 Å². The van der Waals surface area contributed by atoms with Crippen LogP contribution >= 0.6 is 0 Å². The summed E-state index contributed by atoms with van der Waals surface area (Å²) in [6.45, 7) is 9.23. The number of aryl methyl sites for hydroxylation is 1. The molecular formula is C18H30N4O. The SMILES string of the molecule is CCCN1CCc2nc3n(c(=O)c2C1)[C@@H](CN(C)CC)CCC3. The summed E-state index contributed by atoms with van der Waals surface area (Å²) in [6, 6.07) is 0.288. The molecule has 2 aliphatic heterocycles. The van der Waals surface area contributed by atoms with Gasteiger partial charge in [0.25, 0.3) is 5.56 Å². The summed E-state index contributed by atoms with van der Waals surface area (Å²) in [6.07, 6.45) is 5.26. The van der Waals surface area contributed by atoms with Crippen molar-refractivity contribution in [3.05, 3.63) is 27.4 Å². The van der Waals surface area contributed by atoms with Crippen LogP contribution in [0.1, 0.15) is 56.2 Å². The minimum atomic E-state index is 0.236. The highest BCUT2D eigenvalue weighted by molar-refractivity contribution is 5.23. The summed E-state index contributed by atoms with van der Waals surface area (Å²) in [7, 11) is 2.13. The number of hydrogen-bond acceptors (Lipinski definition) is 4. The molecule has 5 nitrogen and oxygen atoms in total. The number of aromatic nitrogens is 2. The minimum Gasteiger partial charge on any atom is -0.305 e. The van der Waals surface area contributed by atoms with Crippen molar-refractivity contribution in [3.8, 4) is 0 Å². The van der Waals surface area contributed by atoms with Gasteiger partial charge in [-0.1, -0.05) is 13.8 Å². The van der Waals surface area contributed by atoms with Gasteiger partial charge in [0.05, 0.1) is 17.3 Å². The highest BCUT2D eigenvalue weighted by Crippen LogP contribution is 2.25. The highest BCUT2D eigenvalue weighted by atomic mass is 16.1. The summed E-state index contributed by atoms with van der Waals surface area (Å²) in [5, 5.41) is 0. The van der Waals surface area contributed by atoms with Crippen molar-refractivity contribution in [2.45, 2.75) is 58.5 Å². The molecule has 0 unspecified atom stereocenters. The predicted octanol–water partition coefficient (Wildman–Crippen LogP) is 1.84. The topological polar surface area (TPSA) is 41.4 Å². The van der Waals surface area contributed by atoms with Crippen LogP contribution in [0, 0.1) is 0 Å². The first kappa shape index (κ1) is 16.7. The maximum absolute atomic E-state index is 13.2. The molecule has 1 atom stereocenters. The van der Waals surface area contributed by atoms with E-state index in [1.165, 1.54) is 0 Å². The second-order valence-electron chi connectivity index (χ2n) is 7.06. The average molecular weight is 318 g/mol. The normalized spacial score (nSPS) is 21.3. The molecule has 0 saturated heterocycles. The zero-order chi connectivity index (χ0) is 16.4. The smallest absolute Gasteiger partial charge is 0.258 e. The Bertz CT molecular complexity index is 610. The van der Waals surface area contributed by atoms with Gasteiger partial charge in [0.15, 0.2) is 0 Å². The van der Waals surface area contributed by atoms with Crippen LogP contribution in [-0.4, -0.2) is 52.6 Å². The summed E-state index contributed by atoms with van der Waals surface area (Å²) >= 11 is 0. The molecule has 3 heterocycles. The Kier molecular flexibility index (Phi) is 5.17. The zero-order valence-electron chi connectivity index (χ0n) is 14.8. The van der Waals surface area contributed by atoms with E-state index in [-0.39, 0.29) is 11.6 Å². The van der Waals surface area contributed by atoms with Crippen LogP contribution in [0.3, 0.4) is 0 Å². The van der Waals surface area contributed by atoms with Gasteiger partial charge in [-0.25, -0.2) is 4.98 Å². The molecule has 5 heteroatoms. The van der Waals surface area contributed by atoms with Crippen LogP contribution < -0.4 is 5.56 Å². The number of hydrogen-bond donors (Lipinski definition) is 0. The van der Waals surface area contributed by atoms with E-state index in [9.17, 15) is 4.79 Å². The second kappa shape index (κ2) is 7.14. The fourth-order valence-corrected chi connectivity index (χ4v) is 3.94. The van der Waals surface area contributed by atoms with Crippen molar-refractivity contribution >= 4 is 0 Å². The Morgan fingerprint density at radius 2 is 2.13 bits per heavy atom. The molecule has 0 aliphatic carbocycles. The van der Waals surface area contributed by atoms with E-state index in [4.69, 9.17) is 4.98 Å². The van der Waals surface area contributed by atoms with Gasteiger partial charge in [-0.3, -0.25) is 14.3 Å². The van der Waals surface area contributed by atoms with E-state index in [2.05, 4.69) is 30.7 Å².